The number of non-ortho nitro benzene ring substituents is 1. The number of ether oxygens (including phenoxy) is 1. The van der Waals surface area contributed by atoms with Gasteiger partial charge in [-0.15, -0.1) is 0 Å². The molecule has 3 aromatic rings. The van der Waals surface area contributed by atoms with E-state index < -0.39 is 4.92 Å². The summed E-state index contributed by atoms with van der Waals surface area (Å²) < 4.78 is 5.84. The summed E-state index contributed by atoms with van der Waals surface area (Å²) in [4.78, 5) is 10.3. The SMILES string of the molecule is O=[N+]([O-])c1ccc(COc2ccccc2C=NNc2ccccc2)cc1. The monoisotopic (exact) mass is 347 g/mol. The predicted molar refractivity (Wildman–Crippen MR) is 102 cm³/mol. The molecule has 3 rings (SSSR count). The van der Waals surface area contributed by atoms with Crippen LogP contribution in [0.5, 0.6) is 5.75 Å². The molecule has 1 N–H and O–H groups in total. The number of anilines is 1. The molecule has 0 saturated heterocycles. The van der Waals surface area contributed by atoms with Crippen LogP contribution in [-0.2, 0) is 6.61 Å². The molecule has 26 heavy (non-hydrogen) atoms. The van der Waals surface area contributed by atoms with Gasteiger partial charge in [-0.2, -0.15) is 5.10 Å². The van der Waals surface area contributed by atoms with E-state index in [2.05, 4.69) is 10.5 Å². The third-order valence-electron chi connectivity index (χ3n) is 3.63. The van der Waals surface area contributed by atoms with Crippen molar-refractivity contribution in [1.29, 1.82) is 0 Å². The molecule has 6 nitrogen and oxygen atoms in total. The Morgan fingerprint density at radius 3 is 2.38 bits per heavy atom. The minimum Gasteiger partial charge on any atom is -0.488 e. The fourth-order valence-corrected chi connectivity index (χ4v) is 2.28. The van der Waals surface area contributed by atoms with Crippen LogP contribution in [-0.4, -0.2) is 11.1 Å². The molecular formula is C20H17N3O3. The van der Waals surface area contributed by atoms with Crippen LogP contribution < -0.4 is 10.2 Å². The second-order valence-electron chi connectivity index (χ2n) is 5.49. The Balaban J connectivity index is 1.64. The molecule has 0 saturated carbocycles. The zero-order valence-electron chi connectivity index (χ0n) is 13.9. The molecule has 0 heterocycles. The molecule has 0 radical (unpaired) electrons. The highest BCUT2D eigenvalue weighted by atomic mass is 16.6. The zero-order chi connectivity index (χ0) is 18.2. The molecule has 0 fully saturated rings. The van der Waals surface area contributed by atoms with Crippen molar-refractivity contribution < 1.29 is 9.66 Å². The molecule has 0 aromatic heterocycles. The summed E-state index contributed by atoms with van der Waals surface area (Å²) in [6, 6.07) is 23.5. The van der Waals surface area contributed by atoms with Crippen LogP contribution >= 0.6 is 0 Å². The summed E-state index contributed by atoms with van der Waals surface area (Å²) in [5.74, 6) is 0.685. The standard InChI is InChI=1S/C20H17N3O3/c24-23(25)19-12-10-16(11-13-19)15-26-20-9-5-4-6-17(20)14-21-22-18-7-2-1-3-8-18/h1-14,22H,15H2. The van der Waals surface area contributed by atoms with Crippen molar-refractivity contribution >= 4 is 17.6 Å². The Hall–Kier alpha value is -3.67. The van der Waals surface area contributed by atoms with Gasteiger partial charge in [0.15, 0.2) is 0 Å². The number of hydrazone groups is 1. The Labute approximate surface area is 150 Å². The highest BCUT2D eigenvalue weighted by molar-refractivity contribution is 5.84. The van der Waals surface area contributed by atoms with Crippen molar-refractivity contribution in [1.82, 2.24) is 0 Å². The first kappa shape index (κ1) is 17.2. The number of nitrogens with zero attached hydrogens (tertiary/aromatic N) is 2. The van der Waals surface area contributed by atoms with Gasteiger partial charge in [0.2, 0.25) is 0 Å². The van der Waals surface area contributed by atoms with Gasteiger partial charge in [0, 0.05) is 17.7 Å². The second kappa shape index (κ2) is 8.43. The largest absolute Gasteiger partial charge is 0.488 e. The van der Waals surface area contributed by atoms with E-state index in [1.165, 1.54) is 12.1 Å². The molecule has 0 atom stereocenters. The molecule has 0 amide bonds. The average molecular weight is 347 g/mol. The quantitative estimate of drug-likeness (QED) is 0.384. The lowest BCUT2D eigenvalue weighted by molar-refractivity contribution is -0.384. The van der Waals surface area contributed by atoms with Gasteiger partial charge in [-0.1, -0.05) is 30.3 Å². The van der Waals surface area contributed by atoms with Crippen LogP contribution in [0.3, 0.4) is 0 Å². The Bertz CT molecular complexity index is 894. The summed E-state index contributed by atoms with van der Waals surface area (Å²) in [6.07, 6.45) is 1.69. The second-order valence-corrected chi connectivity index (χ2v) is 5.49. The van der Waals surface area contributed by atoms with Gasteiger partial charge in [0.1, 0.15) is 12.4 Å². The molecule has 0 bridgehead atoms. The van der Waals surface area contributed by atoms with Crippen LogP contribution in [0.2, 0.25) is 0 Å². The van der Waals surface area contributed by atoms with Crippen molar-refractivity contribution in [2.75, 3.05) is 5.43 Å². The third-order valence-corrected chi connectivity index (χ3v) is 3.63. The number of rotatable bonds is 7. The minimum atomic E-state index is -0.420. The maximum Gasteiger partial charge on any atom is 0.269 e. The van der Waals surface area contributed by atoms with E-state index >= 15 is 0 Å². The highest BCUT2D eigenvalue weighted by Crippen LogP contribution is 2.19. The van der Waals surface area contributed by atoms with Gasteiger partial charge in [0.05, 0.1) is 16.8 Å². The van der Waals surface area contributed by atoms with Gasteiger partial charge in [-0.3, -0.25) is 15.5 Å². The molecule has 0 spiro atoms. The average Bonchev–Trinajstić information content (AvgIpc) is 2.68. The minimum absolute atomic E-state index is 0.0632. The normalized spacial score (nSPS) is 10.6. The molecule has 0 unspecified atom stereocenters. The predicted octanol–water partition coefficient (Wildman–Crippen LogP) is 4.62. The summed E-state index contributed by atoms with van der Waals surface area (Å²) in [7, 11) is 0. The zero-order valence-corrected chi connectivity index (χ0v) is 13.9. The number of hydrogen-bond donors (Lipinski definition) is 1. The number of nitrogens with one attached hydrogen (secondary N) is 1. The molecule has 0 aliphatic rings. The lowest BCUT2D eigenvalue weighted by Gasteiger charge is -2.09. The lowest BCUT2D eigenvalue weighted by atomic mass is 10.2. The van der Waals surface area contributed by atoms with Gasteiger partial charge in [0.25, 0.3) is 5.69 Å². The topological polar surface area (TPSA) is 76.8 Å². The van der Waals surface area contributed by atoms with Crippen molar-refractivity contribution in [2.45, 2.75) is 6.61 Å². The molecule has 6 heteroatoms. The maximum absolute atomic E-state index is 10.7. The van der Waals surface area contributed by atoms with Crippen LogP contribution in [0.4, 0.5) is 11.4 Å². The van der Waals surface area contributed by atoms with E-state index in [0.29, 0.717) is 12.4 Å². The fourth-order valence-electron chi connectivity index (χ4n) is 2.28. The fraction of sp³-hybridized carbons (Fsp3) is 0.0500. The maximum atomic E-state index is 10.7. The van der Waals surface area contributed by atoms with Crippen molar-refractivity contribution in [3.05, 3.63) is 100 Å². The summed E-state index contributed by atoms with van der Waals surface area (Å²) in [5, 5.41) is 14.9. The van der Waals surface area contributed by atoms with Gasteiger partial charge >= 0.3 is 0 Å². The summed E-state index contributed by atoms with van der Waals surface area (Å²) in [5.41, 5.74) is 5.60. The van der Waals surface area contributed by atoms with Crippen LogP contribution in [0, 0.1) is 10.1 Å². The van der Waals surface area contributed by atoms with Gasteiger partial charge in [-0.25, -0.2) is 0 Å². The molecule has 3 aromatic carbocycles. The van der Waals surface area contributed by atoms with Gasteiger partial charge in [-0.05, 0) is 42.0 Å². The summed E-state index contributed by atoms with van der Waals surface area (Å²) in [6.45, 7) is 0.314. The number of benzene rings is 3. The van der Waals surface area contributed by atoms with Crippen molar-refractivity contribution in [3.63, 3.8) is 0 Å². The molecular weight excluding hydrogens is 330 g/mol. The number of nitro groups is 1. The highest BCUT2D eigenvalue weighted by Gasteiger charge is 2.05. The van der Waals surface area contributed by atoms with E-state index in [9.17, 15) is 10.1 Å². The Kier molecular flexibility index (Phi) is 5.57. The van der Waals surface area contributed by atoms with E-state index in [-0.39, 0.29) is 5.69 Å². The smallest absolute Gasteiger partial charge is 0.269 e. The van der Waals surface area contributed by atoms with Crippen LogP contribution in [0.15, 0.2) is 84.0 Å². The third kappa shape index (κ3) is 4.67. The number of nitro benzene ring substituents is 1. The van der Waals surface area contributed by atoms with E-state index in [0.717, 1.165) is 16.8 Å². The Morgan fingerprint density at radius 2 is 1.65 bits per heavy atom. The van der Waals surface area contributed by atoms with Crippen LogP contribution in [0.1, 0.15) is 11.1 Å². The number of hydrogen-bond acceptors (Lipinski definition) is 5. The lowest BCUT2D eigenvalue weighted by Crippen LogP contribution is -1.99. The van der Waals surface area contributed by atoms with Crippen molar-refractivity contribution in [3.8, 4) is 5.75 Å². The first-order valence-electron chi connectivity index (χ1n) is 8.01. The van der Waals surface area contributed by atoms with Crippen molar-refractivity contribution in [2.24, 2.45) is 5.10 Å². The first-order chi connectivity index (χ1) is 12.7. The molecule has 0 aliphatic heterocycles. The van der Waals surface area contributed by atoms with E-state index in [1.54, 1.807) is 18.3 Å². The first-order valence-corrected chi connectivity index (χ1v) is 8.01. The summed E-state index contributed by atoms with van der Waals surface area (Å²) >= 11 is 0. The number of para-hydroxylation sites is 2. The molecule has 0 aliphatic carbocycles. The van der Waals surface area contributed by atoms with E-state index in [4.69, 9.17) is 4.74 Å². The Morgan fingerprint density at radius 1 is 0.962 bits per heavy atom. The van der Waals surface area contributed by atoms with E-state index in [1.807, 2.05) is 54.6 Å². The van der Waals surface area contributed by atoms with Crippen LogP contribution in [0.25, 0.3) is 0 Å². The van der Waals surface area contributed by atoms with Gasteiger partial charge < -0.3 is 4.74 Å². The molecule has 130 valence electrons.